The van der Waals surface area contributed by atoms with E-state index in [1.54, 1.807) is 6.07 Å². The van der Waals surface area contributed by atoms with Crippen LogP contribution in [0.15, 0.2) is 36.4 Å². The molecule has 0 aliphatic rings. The van der Waals surface area contributed by atoms with Crippen molar-refractivity contribution in [3.8, 4) is 5.75 Å². The fourth-order valence-corrected chi connectivity index (χ4v) is 3.00. The zero-order chi connectivity index (χ0) is 18.0. The number of hydrogen-bond acceptors (Lipinski definition) is 3. The molecule has 2 unspecified atom stereocenters. The zero-order valence-electron chi connectivity index (χ0n) is 14.8. The predicted octanol–water partition coefficient (Wildman–Crippen LogP) is 4.09. The van der Waals surface area contributed by atoms with Gasteiger partial charge >= 0.3 is 0 Å². The first-order valence-corrected chi connectivity index (χ1v) is 8.69. The summed E-state index contributed by atoms with van der Waals surface area (Å²) >= 11 is 0. The Morgan fingerprint density at radius 2 is 1.88 bits per heavy atom. The molecule has 0 spiro atoms. The maximum Gasteiger partial charge on any atom is 0.135 e. The predicted molar refractivity (Wildman–Crippen MR) is 100.0 cm³/mol. The van der Waals surface area contributed by atoms with Gasteiger partial charge < -0.3 is 20.1 Å². The molecular weight excluding hydrogens is 319 g/mol. The molecule has 1 heterocycles. The fraction of sp³-hybridized carbons (Fsp3) is 0.400. The SMILES string of the molecule is CC(C)NCC(O)COc1c(C(C)F)ccc2[nH]c3ccccc3c12. The number of halogens is 1. The second kappa shape index (κ2) is 7.42. The van der Waals surface area contributed by atoms with Crippen LogP contribution < -0.4 is 10.1 Å². The molecule has 2 aromatic carbocycles. The van der Waals surface area contributed by atoms with Crippen molar-refractivity contribution in [1.29, 1.82) is 0 Å². The number of aliphatic hydroxyl groups excluding tert-OH is 1. The van der Waals surface area contributed by atoms with Gasteiger partial charge in [-0.2, -0.15) is 0 Å². The Labute approximate surface area is 147 Å². The van der Waals surface area contributed by atoms with Crippen LogP contribution in [0.5, 0.6) is 5.75 Å². The van der Waals surface area contributed by atoms with E-state index in [4.69, 9.17) is 4.74 Å². The fourth-order valence-electron chi connectivity index (χ4n) is 3.00. The van der Waals surface area contributed by atoms with Gasteiger partial charge in [-0.05, 0) is 19.1 Å². The highest BCUT2D eigenvalue weighted by Gasteiger charge is 2.19. The van der Waals surface area contributed by atoms with E-state index in [-0.39, 0.29) is 12.6 Å². The normalized spacial score (nSPS) is 14.3. The number of hydrogen-bond donors (Lipinski definition) is 3. The summed E-state index contributed by atoms with van der Waals surface area (Å²) in [6.07, 6.45) is -1.82. The second-order valence-corrected chi connectivity index (χ2v) is 6.72. The highest BCUT2D eigenvalue weighted by molar-refractivity contribution is 6.10. The van der Waals surface area contributed by atoms with Crippen LogP contribution in [0, 0.1) is 0 Å². The first-order chi connectivity index (χ1) is 12.0. The van der Waals surface area contributed by atoms with E-state index in [2.05, 4.69) is 10.3 Å². The highest BCUT2D eigenvalue weighted by Crippen LogP contribution is 2.39. The molecular formula is C20H25FN2O2. The number of H-pyrrole nitrogens is 1. The smallest absolute Gasteiger partial charge is 0.135 e. The third-order valence-corrected chi connectivity index (χ3v) is 4.26. The van der Waals surface area contributed by atoms with Gasteiger partial charge in [-0.25, -0.2) is 4.39 Å². The number of aromatic nitrogens is 1. The Kier molecular flexibility index (Phi) is 5.25. The summed E-state index contributed by atoms with van der Waals surface area (Å²) in [6.45, 7) is 6.08. The van der Waals surface area contributed by atoms with Crippen molar-refractivity contribution in [2.45, 2.75) is 39.1 Å². The maximum absolute atomic E-state index is 14.1. The number of nitrogens with one attached hydrogen (secondary N) is 2. The minimum Gasteiger partial charge on any atom is -0.490 e. The third-order valence-electron chi connectivity index (χ3n) is 4.26. The first kappa shape index (κ1) is 17.7. The number of para-hydroxylation sites is 1. The number of rotatable bonds is 7. The molecule has 4 nitrogen and oxygen atoms in total. The summed E-state index contributed by atoms with van der Waals surface area (Å²) in [5.74, 6) is 0.508. The van der Waals surface area contributed by atoms with E-state index in [1.165, 1.54) is 6.92 Å². The third kappa shape index (κ3) is 3.78. The molecule has 134 valence electrons. The quantitative estimate of drug-likeness (QED) is 0.605. The van der Waals surface area contributed by atoms with Crippen molar-refractivity contribution in [2.75, 3.05) is 13.2 Å². The Morgan fingerprint density at radius 1 is 1.12 bits per heavy atom. The lowest BCUT2D eigenvalue weighted by Crippen LogP contribution is -2.35. The largest absolute Gasteiger partial charge is 0.490 e. The van der Waals surface area contributed by atoms with Crippen LogP contribution >= 0.6 is 0 Å². The first-order valence-electron chi connectivity index (χ1n) is 8.69. The molecule has 5 heteroatoms. The van der Waals surface area contributed by atoms with E-state index in [9.17, 15) is 9.50 Å². The minimum absolute atomic E-state index is 0.109. The standard InChI is InChI=1S/C20H25FN2O2/c1-12(2)22-10-14(24)11-25-20-15(13(3)21)8-9-18-19(20)16-6-4-5-7-17(16)23-18/h4-9,12-14,22-24H,10-11H2,1-3H3. The highest BCUT2D eigenvalue weighted by atomic mass is 19.1. The Morgan fingerprint density at radius 3 is 2.60 bits per heavy atom. The molecule has 25 heavy (non-hydrogen) atoms. The Balaban J connectivity index is 1.97. The molecule has 3 rings (SSSR count). The minimum atomic E-state index is -1.15. The van der Waals surface area contributed by atoms with Crippen molar-refractivity contribution in [3.05, 3.63) is 42.0 Å². The van der Waals surface area contributed by atoms with Gasteiger partial charge in [0.05, 0.1) is 5.52 Å². The number of fused-ring (bicyclic) bond motifs is 3. The molecule has 0 saturated carbocycles. The van der Waals surface area contributed by atoms with Crippen LogP contribution in [0.25, 0.3) is 21.8 Å². The van der Waals surface area contributed by atoms with Crippen molar-refractivity contribution in [3.63, 3.8) is 0 Å². The molecule has 0 bridgehead atoms. The second-order valence-electron chi connectivity index (χ2n) is 6.72. The van der Waals surface area contributed by atoms with Gasteiger partial charge in [-0.1, -0.05) is 38.1 Å². The van der Waals surface area contributed by atoms with Gasteiger partial charge in [0.25, 0.3) is 0 Å². The molecule has 0 aliphatic carbocycles. The van der Waals surface area contributed by atoms with Crippen LogP contribution in [0.3, 0.4) is 0 Å². The van der Waals surface area contributed by atoms with Gasteiger partial charge in [0.1, 0.15) is 24.6 Å². The van der Waals surface area contributed by atoms with E-state index >= 15 is 0 Å². The molecule has 0 amide bonds. The van der Waals surface area contributed by atoms with Gasteiger partial charge in [0.2, 0.25) is 0 Å². The molecule has 3 aromatic rings. The average Bonchev–Trinajstić information content (AvgIpc) is 2.96. The lowest BCUT2D eigenvalue weighted by molar-refractivity contribution is 0.104. The summed E-state index contributed by atoms with van der Waals surface area (Å²) in [5, 5.41) is 15.2. The molecule has 0 fully saturated rings. The van der Waals surface area contributed by atoms with Crippen LogP contribution in [0.2, 0.25) is 0 Å². The van der Waals surface area contributed by atoms with Crippen LogP contribution in [0.4, 0.5) is 4.39 Å². The molecule has 3 N–H and O–H groups in total. The monoisotopic (exact) mass is 344 g/mol. The van der Waals surface area contributed by atoms with Crippen LogP contribution in [-0.2, 0) is 0 Å². The van der Waals surface area contributed by atoms with Gasteiger partial charge in [-0.3, -0.25) is 0 Å². The van der Waals surface area contributed by atoms with E-state index in [0.717, 1.165) is 21.8 Å². The Hall–Kier alpha value is -2.11. The molecule has 0 aliphatic heterocycles. The number of alkyl halides is 1. The summed E-state index contributed by atoms with van der Waals surface area (Å²) in [5.41, 5.74) is 2.38. The zero-order valence-corrected chi connectivity index (χ0v) is 14.8. The molecule has 2 atom stereocenters. The van der Waals surface area contributed by atoms with Crippen molar-refractivity contribution < 1.29 is 14.2 Å². The molecule has 0 saturated heterocycles. The van der Waals surface area contributed by atoms with Crippen molar-refractivity contribution >= 4 is 21.8 Å². The molecule has 0 radical (unpaired) electrons. The average molecular weight is 344 g/mol. The lowest BCUT2D eigenvalue weighted by atomic mass is 10.0. The Bertz CT molecular complexity index is 857. The summed E-state index contributed by atoms with van der Waals surface area (Å²) < 4.78 is 20.1. The van der Waals surface area contributed by atoms with Gasteiger partial charge in [-0.15, -0.1) is 0 Å². The summed E-state index contributed by atoms with van der Waals surface area (Å²) in [4.78, 5) is 3.33. The van der Waals surface area contributed by atoms with E-state index in [1.807, 2.05) is 44.2 Å². The van der Waals surface area contributed by atoms with Crippen LogP contribution in [-0.4, -0.2) is 35.4 Å². The van der Waals surface area contributed by atoms with Crippen LogP contribution in [0.1, 0.15) is 32.5 Å². The van der Waals surface area contributed by atoms with Gasteiger partial charge in [0, 0.05) is 34.4 Å². The van der Waals surface area contributed by atoms with Gasteiger partial charge in [0.15, 0.2) is 0 Å². The molecule has 1 aromatic heterocycles. The van der Waals surface area contributed by atoms with E-state index < -0.39 is 12.3 Å². The number of ether oxygens (including phenoxy) is 1. The summed E-state index contributed by atoms with van der Waals surface area (Å²) in [7, 11) is 0. The number of aliphatic hydroxyl groups is 1. The summed E-state index contributed by atoms with van der Waals surface area (Å²) in [6, 6.07) is 11.8. The lowest BCUT2D eigenvalue weighted by Gasteiger charge is -2.18. The number of aromatic amines is 1. The van der Waals surface area contributed by atoms with E-state index in [0.29, 0.717) is 17.9 Å². The van der Waals surface area contributed by atoms with Crippen molar-refractivity contribution in [1.82, 2.24) is 10.3 Å². The van der Waals surface area contributed by atoms with Crippen molar-refractivity contribution in [2.24, 2.45) is 0 Å². The number of benzene rings is 2. The topological polar surface area (TPSA) is 57.3 Å². The maximum atomic E-state index is 14.1.